The highest BCUT2D eigenvalue weighted by Gasteiger charge is 2.30. The molecule has 2 rings (SSSR count). The smallest absolute Gasteiger partial charge is 0.416 e. The van der Waals surface area contributed by atoms with Gasteiger partial charge in [-0.3, -0.25) is 9.79 Å². The molecule has 0 fully saturated rings. The molecule has 0 bridgehead atoms. The van der Waals surface area contributed by atoms with Crippen LogP contribution in [0.3, 0.4) is 0 Å². The average Bonchev–Trinajstić information content (AvgIpc) is 2.72. The van der Waals surface area contributed by atoms with Crippen molar-refractivity contribution < 1.29 is 22.7 Å². The zero-order chi connectivity index (χ0) is 21.3. The summed E-state index contributed by atoms with van der Waals surface area (Å²) in [5.74, 6) is 0.862. The molecule has 0 aromatic heterocycles. The van der Waals surface area contributed by atoms with Crippen LogP contribution in [-0.2, 0) is 12.7 Å². The first kappa shape index (κ1) is 22.1. The summed E-state index contributed by atoms with van der Waals surface area (Å²) in [5, 5.41) is 8.70. The molecule has 6 nitrogen and oxygen atoms in total. The standard InChI is InChI=1S/C20H23F3N4O2/c1-24-19(27-13-14-4-3-5-16(12-14)20(21,22)23)26-11-10-25-18(28)15-6-8-17(29-2)9-7-15/h3-9,12H,10-11,13H2,1-2H3,(H,25,28)(H2,24,26,27). The highest BCUT2D eigenvalue weighted by Crippen LogP contribution is 2.29. The molecular formula is C20H23F3N4O2. The zero-order valence-corrected chi connectivity index (χ0v) is 16.1. The number of benzene rings is 2. The van der Waals surface area contributed by atoms with Crippen LogP contribution < -0.4 is 20.7 Å². The lowest BCUT2D eigenvalue weighted by Gasteiger charge is -2.13. The number of carbonyl (C=O) groups is 1. The van der Waals surface area contributed by atoms with E-state index in [-0.39, 0.29) is 12.5 Å². The van der Waals surface area contributed by atoms with Gasteiger partial charge in [-0.1, -0.05) is 12.1 Å². The summed E-state index contributed by atoms with van der Waals surface area (Å²) in [5.41, 5.74) is 0.300. The third-order valence-corrected chi connectivity index (χ3v) is 3.99. The van der Waals surface area contributed by atoms with Crippen LogP contribution in [0.4, 0.5) is 13.2 Å². The number of ether oxygens (including phenoxy) is 1. The average molecular weight is 408 g/mol. The van der Waals surface area contributed by atoms with E-state index in [0.29, 0.717) is 35.9 Å². The maximum absolute atomic E-state index is 12.8. The Kier molecular flexibility index (Phi) is 7.88. The van der Waals surface area contributed by atoms with Gasteiger partial charge in [-0.2, -0.15) is 13.2 Å². The number of hydrogen-bond donors (Lipinski definition) is 3. The van der Waals surface area contributed by atoms with Crippen molar-refractivity contribution in [3.8, 4) is 5.75 Å². The Morgan fingerprint density at radius 3 is 2.34 bits per heavy atom. The fraction of sp³-hybridized carbons (Fsp3) is 0.300. The fourth-order valence-electron chi connectivity index (χ4n) is 2.47. The predicted molar refractivity (Wildman–Crippen MR) is 105 cm³/mol. The lowest BCUT2D eigenvalue weighted by Crippen LogP contribution is -2.41. The highest BCUT2D eigenvalue weighted by molar-refractivity contribution is 5.94. The van der Waals surface area contributed by atoms with Gasteiger partial charge in [0.1, 0.15) is 5.75 Å². The third-order valence-electron chi connectivity index (χ3n) is 3.99. The molecule has 29 heavy (non-hydrogen) atoms. The quantitative estimate of drug-likeness (QED) is 0.374. The van der Waals surface area contributed by atoms with Crippen molar-refractivity contribution >= 4 is 11.9 Å². The van der Waals surface area contributed by atoms with Gasteiger partial charge >= 0.3 is 6.18 Å². The van der Waals surface area contributed by atoms with Crippen LogP contribution in [0.2, 0.25) is 0 Å². The molecule has 0 saturated carbocycles. The van der Waals surface area contributed by atoms with E-state index in [1.165, 1.54) is 6.07 Å². The number of carbonyl (C=O) groups excluding carboxylic acids is 1. The molecule has 9 heteroatoms. The van der Waals surface area contributed by atoms with Crippen LogP contribution in [-0.4, -0.2) is 39.1 Å². The highest BCUT2D eigenvalue weighted by atomic mass is 19.4. The molecule has 3 N–H and O–H groups in total. The first-order valence-electron chi connectivity index (χ1n) is 8.86. The van der Waals surface area contributed by atoms with E-state index in [1.54, 1.807) is 44.5 Å². The van der Waals surface area contributed by atoms with Crippen molar-refractivity contribution in [3.63, 3.8) is 0 Å². The van der Waals surface area contributed by atoms with Gasteiger partial charge in [-0.05, 0) is 42.0 Å². The van der Waals surface area contributed by atoms with Crippen molar-refractivity contribution in [3.05, 3.63) is 65.2 Å². The van der Waals surface area contributed by atoms with E-state index >= 15 is 0 Å². The molecule has 2 aromatic rings. The van der Waals surface area contributed by atoms with Crippen molar-refractivity contribution in [1.29, 1.82) is 0 Å². The van der Waals surface area contributed by atoms with Crippen LogP contribution in [0.15, 0.2) is 53.5 Å². The van der Waals surface area contributed by atoms with Crippen molar-refractivity contribution in [1.82, 2.24) is 16.0 Å². The molecule has 0 aliphatic rings. The Bertz CT molecular complexity index is 836. The minimum atomic E-state index is -4.38. The van der Waals surface area contributed by atoms with Crippen molar-refractivity contribution in [2.24, 2.45) is 4.99 Å². The van der Waals surface area contributed by atoms with Gasteiger partial charge in [-0.25, -0.2) is 0 Å². The van der Waals surface area contributed by atoms with Crippen molar-refractivity contribution in [2.75, 3.05) is 27.2 Å². The maximum Gasteiger partial charge on any atom is 0.416 e. The van der Waals surface area contributed by atoms with Crippen LogP contribution in [0.1, 0.15) is 21.5 Å². The molecule has 0 aliphatic carbocycles. The lowest BCUT2D eigenvalue weighted by molar-refractivity contribution is -0.137. The van der Waals surface area contributed by atoms with E-state index in [2.05, 4.69) is 20.9 Å². The van der Waals surface area contributed by atoms with Gasteiger partial charge in [0.25, 0.3) is 5.91 Å². The second-order valence-corrected chi connectivity index (χ2v) is 6.04. The van der Waals surface area contributed by atoms with Gasteiger partial charge in [0.2, 0.25) is 0 Å². The number of halogens is 3. The van der Waals surface area contributed by atoms with E-state index in [0.717, 1.165) is 12.1 Å². The van der Waals surface area contributed by atoms with Gasteiger partial charge in [0.05, 0.1) is 12.7 Å². The molecule has 0 aliphatic heterocycles. The van der Waals surface area contributed by atoms with E-state index < -0.39 is 11.7 Å². The third kappa shape index (κ3) is 7.02. The first-order valence-corrected chi connectivity index (χ1v) is 8.86. The van der Waals surface area contributed by atoms with Gasteiger partial charge < -0.3 is 20.7 Å². The second-order valence-electron chi connectivity index (χ2n) is 6.04. The van der Waals surface area contributed by atoms with Gasteiger partial charge in [0, 0.05) is 32.2 Å². The number of nitrogens with zero attached hydrogens (tertiary/aromatic N) is 1. The summed E-state index contributed by atoms with van der Waals surface area (Å²) < 4.78 is 43.3. The topological polar surface area (TPSA) is 74.8 Å². The molecule has 0 radical (unpaired) electrons. The Balaban J connectivity index is 1.75. The zero-order valence-electron chi connectivity index (χ0n) is 16.1. The maximum atomic E-state index is 12.8. The molecule has 0 spiro atoms. The second kappa shape index (κ2) is 10.4. The van der Waals surface area contributed by atoms with E-state index in [4.69, 9.17) is 4.74 Å². The predicted octanol–water partition coefficient (Wildman–Crippen LogP) is 2.81. The van der Waals surface area contributed by atoms with Crippen LogP contribution in [0, 0.1) is 0 Å². The molecule has 0 heterocycles. The number of alkyl halides is 3. The fourth-order valence-corrected chi connectivity index (χ4v) is 2.47. The van der Waals surface area contributed by atoms with Crippen LogP contribution in [0.5, 0.6) is 5.75 Å². The summed E-state index contributed by atoms with van der Waals surface area (Å²) in [6.45, 7) is 0.918. The van der Waals surface area contributed by atoms with Crippen molar-refractivity contribution in [2.45, 2.75) is 12.7 Å². The number of guanidine groups is 1. The Morgan fingerprint density at radius 2 is 1.72 bits per heavy atom. The van der Waals surface area contributed by atoms with Gasteiger partial charge in [-0.15, -0.1) is 0 Å². The number of hydrogen-bond acceptors (Lipinski definition) is 3. The molecule has 0 atom stereocenters. The summed E-state index contributed by atoms with van der Waals surface area (Å²) >= 11 is 0. The number of amides is 1. The molecule has 0 saturated heterocycles. The van der Waals surface area contributed by atoms with E-state index in [1.807, 2.05) is 0 Å². The first-order chi connectivity index (χ1) is 13.8. The Labute approximate surface area is 167 Å². The molecular weight excluding hydrogens is 385 g/mol. The molecule has 156 valence electrons. The number of nitrogens with one attached hydrogen (secondary N) is 3. The van der Waals surface area contributed by atoms with E-state index in [9.17, 15) is 18.0 Å². The van der Waals surface area contributed by atoms with Crippen LogP contribution in [0.25, 0.3) is 0 Å². The van der Waals surface area contributed by atoms with Crippen LogP contribution >= 0.6 is 0 Å². The summed E-state index contributed by atoms with van der Waals surface area (Å²) in [6.07, 6.45) is -4.38. The monoisotopic (exact) mass is 408 g/mol. The Morgan fingerprint density at radius 1 is 1.03 bits per heavy atom. The summed E-state index contributed by atoms with van der Waals surface area (Å²) in [4.78, 5) is 16.1. The SMILES string of the molecule is CN=C(NCCNC(=O)c1ccc(OC)cc1)NCc1cccc(C(F)(F)F)c1. The normalized spacial score (nSPS) is 11.7. The molecule has 1 amide bonds. The lowest BCUT2D eigenvalue weighted by atomic mass is 10.1. The largest absolute Gasteiger partial charge is 0.497 e. The Hall–Kier alpha value is -3.23. The molecule has 0 unspecified atom stereocenters. The number of methoxy groups -OCH3 is 1. The van der Waals surface area contributed by atoms with Gasteiger partial charge in [0.15, 0.2) is 5.96 Å². The number of rotatable bonds is 7. The minimum Gasteiger partial charge on any atom is -0.497 e. The minimum absolute atomic E-state index is 0.182. The molecule has 2 aromatic carbocycles. The number of aliphatic imine (C=N–C) groups is 1. The summed E-state index contributed by atoms with van der Waals surface area (Å²) in [6, 6.07) is 11.8. The summed E-state index contributed by atoms with van der Waals surface area (Å²) in [7, 11) is 3.10.